The van der Waals surface area contributed by atoms with Gasteiger partial charge in [-0.3, -0.25) is 14.6 Å². The first-order chi connectivity index (χ1) is 15.3. The molecule has 9 nitrogen and oxygen atoms in total. The largest absolute Gasteiger partial charge is 0.508 e. The molecular formula is C23H21N5O4. The predicted molar refractivity (Wildman–Crippen MR) is 120 cm³/mol. The van der Waals surface area contributed by atoms with Gasteiger partial charge in [-0.1, -0.05) is 0 Å². The summed E-state index contributed by atoms with van der Waals surface area (Å²) in [5, 5.41) is 26.7. The number of hydrogen-bond donors (Lipinski definition) is 4. The number of hydrogen-bond acceptors (Lipinski definition) is 7. The minimum absolute atomic E-state index is 0.0904. The number of rotatable bonds is 6. The fourth-order valence-corrected chi connectivity index (χ4v) is 2.59. The Hall–Kier alpha value is -4.53. The number of hydrazone groups is 2. The second-order valence-corrected chi connectivity index (χ2v) is 6.80. The molecule has 0 aliphatic heterocycles. The van der Waals surface area contributed by atoms with Gasteiger partial charge in [-0.25, -0.2) is 10.9 Å². The Morgan fingerprint density at radius 1 is 0.688 bits per heavy atom. The molecule has 0 bridgehead atoms. The number of aromatic hydroxyl groups is 2. The number of amides is 2. The van der Waals surface area contributed by atoms with E-state index in [-0.39, 0.29) is 22.8 Å². The van der Waals surface area contributed by atoms with E-state index >= 15 is 0 Å². The van der Waals surface area contributed by atoms with Crippen molar-refractivity contribution in [3.05, 3.63) is 89.2 Å². The first-order valence-electron chi connectivity index (χ1n) is 9.57. The van der Waals surface area contributed by atoms with E-state index in [2.05, 4.69) is 26.0 Å². The van der Waals surface area contributed by atoms with E-state index < -0.39 is 11.8 Å². The SMILES string of the molecule is C/C(=N\NC(=O)c1ccc(C(=O)N/N=C(\C)c2ccc(O)cc2)nc1)c1ccc(O)cc1. The van der Waals surface area contributed by atoms with Gasteiger partial charge < -0.3 is 10.2 Å². The lowest BCUT2D eigenvalue weighted by molar-refractivity contribution is 0.0939. The normalized spacial score (nSPS) is 11.7. The van der Waals surface area contributed by atoms with Crippen molar-refractivity contribution in [3.63, 3.8) is 0 Å². The van der Waals surface area contributed by atoms with Gasteiger partial charge in [-0.05, 0) is 85.6 Å². The summed E-state index contributed by atoms with van der Waals surface area (Å²) in [7, 11) is 0. The summed E-state index contributed by atoms with van der Waals surface area (Å²) in [6.45, 7) is 3.44. The number of phenols is 2. The number of benzene rings is 2. The van der Waals surface area contributed by atoms with Crippen molar-refractivity contribution in [1.82, 2.24) is 15.8 Å². The van der Waals surface area contributed by atoms with Crippen LogP contribution in [0.2, 0.25) is 0 Å². The molecule has 32 heavy (non-hydrogen) atoms. The topological polar surface area (TPSA) is 136 Å². The van der Waals surface area contributed by atoms with Crippen molar-refractivity contribution in [2.75, 3.05) is 0 Å². The third-order valence-electron chi connectivity index (χ3n) is 4.48. The summed E-state index contributed by atoms with van der Waals surface area (Å²) in [5.41, 5.74) is 7.76. The molecule has 0 aliphatic carbocycles. The van der Waals surface area contributed by atoms with Crippen LogP contribution in [0.3, 0.4) is 0 Å². The van der Waals surface area contributed by atoms with Crippen LogP contribution in [0, 0.1) is 0 Å². The van der Waals surface area contributed by atoms with Gasteiger partial charge in [-0.15, -0.1) is 0 Å². The van der Waals surface area contributed by atoms with E-state index in [9.17, 15) is 19.8 Å². The highest BCUT2D eigenvalue weighted by atomic mass is 16.3. The number of aromatic nitrogens is 1. The van der Waals surface area contributed by atoms with E-state index in [1.807, 2.05) is 0 Å². The molecule has 2 amide bonds. The third-order valence-corrected chi connectivity index (χ3v) is 4.48. The Labute approximate surface area is 184 Å². The lowest BCUT2D eigenvalue weighted by Gasteiger charge is -2.05. The van der Waals surface area contributed by atoms with Crippen LogP contribution in [-0.2, 0) is 0 Å². The highest BCUT2D eigenvalue weighted by molar-refractivity contribution is 6.02. The first-order valence-corrected chi connectivity index (χ1v) is 9.57. The highest BCUT2D eigenvalue weighted by Gasteiger charge is 2.10. The maximum atomic E-state index is 12.3. The van der Waals surface area contributed by atoms with Crippen molar-refractivity contribution >= 4 is 23.2 Å². The molecule has 0 saturated heterocycles. The molecule has 3 aromatic rings. The Balaban J connectivity index is 1.59. The van der Waals surface area contributed by atoms with E-state index in [4.69, 9.17) is 0 Å². The zero-order chi connectivity index (χ0) is 23.1. The van der Waals surface area contributed by atoms with Crippen LogP contribution in [0.1, 0.15) is 45.8 Å². The maximum absolute atomic E-state index is 12.3. The number of nitrogens with one attached hydrogen (secondary N) is 2. The van der Waals surface area contributed by atoms with Crippen LogP contribution in [0.5, 0.6) is 11.5 Å². The standard InChI is InChI=1S/C23H21N5O4/c1-14(16-3-8-19(29)9-4-16)25-27-22(31)18-7-12-21(24-13-18)23(32)28-26-15(2)17-5-10-20(30)11-6-17/h3-13,29-30H,1-2H3,(H,27,31)(H,28,32)/b25-14+,26-15+. The minimum Gasteiger partial charge on any atom is -0.508 e. The second kappa shape index (κ2) is 9.98. The fraction of sp³-hybridized carbons (Fsp3) is 0.0870. The molecule has 0 radical (unpaired) electrons. The monoisotopic (exact) mass is 431 g/mol. The highest BCUT2D eigenvalue weighted by Crippen LogP contribution is 2.11. The molecule has 0 spiro atoms. The van der Waals surface area contributed by atoms with Crippen molar-refractivity contribution in [3.8, 4) is 11.5 Å². The lowest BCUT2D eigenvalue weighted by Crippen LogP contribution is -2.22. The Kier molecular flexibility index (Phi) is 6.92. The van der Waals surface area contributed by atoms with E-state index in [1.54, 1.807) is 38.1 Å². The van der Waals surface area contributed by atoms with Gasteiger partial charge in [0.2, 0.25) is 0 Å². The molecule has 0 fully saturated rings. The zero-order valence-corrected chi connectivity index (χ0v) is 17.4. The molecule has 1 heterocycles. The fourth-order valence-electron chi connectivity index (χ4n) is 2.59. The Morgan fingerprint density at radius 3 is 1.56 bits per heavy atom. The predicted octanol–water partition coefficient (Wildman–Crippen LogP) is 2.80. The second-order valence-electron chi connectivity index (χ2n) is 6.80. The summed E-state index contributed by atoms with van der Waals surface area (Å²) >= 11 is 0. The molecule has 9 heteroatoms. The van der Waals surface area contributed by atoms with Gasteiger partial charge in [0, 0.05) is 6.20 Å². The van der Waals surface area contributed by atoms with Crippen LogP contribution in [0.15, 0.2) is 77.1 Å². The van der Waals surface area contributed by atoms with E-state index in [1.165, 1.54) is 42.6 Å². The summed E-state index contributed by atoms with van der Waals surface area (Å²) in [4.78, 5) is 28.5. The molecule has 0 saturated carbocycles. The lowest BCUT2D eigenvalue weighted by atomic mass is 10.1. The summed E-state index contributed by atoms with van der Waals surface area (Å²) < 4.78 is 0. The van der Waals surface area contributed by atoms with Crippen LogP contribution < -0.4 is 10.9 Å². The number of pyridine rings is 1. The Bertz CT molecular complexity index is 1070. The van der Waals surface area contributed by atoms with Gasteiger partial charge in [0.15, 0.2) is 0 Å². The average molecular weight is 431 g/mol. The molecule has 4 N–H and O–H groups in total. The molecule has 3 rings (SSSR count). The smallest absolute Gasteiger partial charge is 0.289 e. The van der Waals surface area contributed by atoms with Crippen LogP contribution in [0.4, 0.5) is 0 Å². The van der Waals surface area contributed by atoms with E-state index in [0.29, 0.717) is 11.4 Å². The molecule has 0 unspecified atom stereocenters. The summed E-state index contributed by atoms with van der Waals surface area (Å²) in [5.74, 6) is -0.734. The average Bonchev–Trinajstić information content (AvgIpc) is 2.81. The number of nitrogens with zero attached hydrogens (tertiary/aromatic N) is 3. The van der Waals surface area contributed by atoms with Gasteiger partial charge in [0.1, 0.15) is 17.2 Å². The van der Waals surface area contributed by atoms with Crippen molar-refractivity contribution in [2.45, 2.75) is 13.8 Å². The molecular weight excluding hydrogens is 410 g/mol. The van der Waals surface area contributed by atoms with Gasteiger partial charge in [-0.2, -0.15) is 10.2 Å². The zero-order valence-electron chi connectivity index (χ0n) is 17.4. The molecule has 0 aliphatic rings. The van der Waals surface area contributed by atoms with Crippen LogP contribution in [0.25, 0.3) is 0 Å². The van der Waals surface area contributed by atoms with Gasteiger partial charge >= 0.3 is 0 Å². The molecule has 2 aromatic carbocycles. The third kappa shape index (κ3) is 5.76. The summed E-state index contributed by atoms with van der Waals surface area (Å²) in [6.07, 6.45) is 1.27. The van der Waals surface area contributed by atoms with Crippen molar-refractivity contribution in [2.24, 2.45) is 10.2 Å². The number of carbonyl (C=O) groups excluding carboxylic acids is 2. The van der Waals surface area contributed by atoms with Crippen LogP contribution in [-0.4, -0.2) is 38.4 Å². The molecule has 0 atom stereocenters. The van der Waals surface area contributed by atoms with E-state index in [0.717, 1.165) is 11.1 Å². The van der Waals surface area contributed by atoms with Gasteiger partial charge in [0.25, 0.3) is 11.8 Å². The minimum atomic E-state index is -0.531. The Morgan fingerprint density at radius 2 is 1.12 bits per heavy atom. The van der Waals surface area contributed by atoms with Crippen LogP contribution >= 0.6 is 0 Å². The summed E-state index contributed by atoms with van der Waals surface area (Å²) in [6, 6.07) is 15.7. The van der Waals surface area contributed by atoms with Crippen molar-refractivity contribution < 1.29 is 19.8 Å². The maximum Gasteiger partial charge on any atom is 0.289 e. The van der Waals surface area contributed by atoms with Gasteiger partial charge in [0.05, 0.1) is 17.0 Å². The van der Waals surface area contributed by atoms with Crippen molar-refractivity contribution in [1.29, 1.82) is 0 Å². The molecule has 1 aromatic heterocycles. The number of phenolic OH excluding ortho intramolecular Hbond substituents is 2. The first kappa shape index (κ1) is 22.2. The molecule has 162 valence electrons. The quantitative estimate of drug-likeness (QED) is 0.351. The number of carbonyl (C=O) groups is 2.